The molecule has 0 unspecified atom stereocenters. The molecule has 72 heavy (non-hydrogen) atoms. The van der Waals surface area contributed by atoms with Crippen LogP contribution in [0.15, 0.2) is 97.1 Å². The van der Waals surface area contributed by atoms with E-state index in [0.29, 0.717) is 13.2 Å². The van der Waals surface area contributed by atoms with Gasteiger partial charge in [-0.15, -0.1) is 0 Å². The average Bonchev–Trinajstić information content (AvgIpc) is 3.41. The van der Waals surface area contributed by atoms with Crippen molar-refractivity contribution in [3.05, 3.63) is 119 Å². The summed E-state index contributed by atoms with van der Waals surface area (Å²) in [5, 5.41) is 10.3. The molecule has 0 aliphatic carbocycles. The zero-order chi connectivity index (χ0) is 50.0. The van der Waals surface area contributed by atoms with Crippen LogP contribution in [0.5, 0.6) is 23.0 Å². The van der Waals surface area contributed by atoms with Gasteiger partial charge < -0.3 is 18.9 Å². The number of unbranched alkanes of at least 4 members (excludes halogenated alkanes) is 20. The highest BCUT2D eigenvalue weighted by atomic mass is 16.5. The lowest BCUT2D eigenvalue weighted by Gasteiger charge is -2.17. The van der Waals surface area contributed by atoms with Crippen molar-refractivity contribution in [3.63, 3.8) is 0 Å². The average molecular weight is 969 g/mol. The quantitative estimate of drug-likeness (QED) is 0.0170. The Hall–Kier alpha value is -5.48. The largest absolute Gasteiger partial charge is 0.490 e. The van der Waals surface area contributed by atoms with Gasteiger partial charge in [0.05, 0.1) is 26.4 Å². The first-order chi connectivity index (χ1) is 35.6. The van der Waals surface area contributed by atoms with E-state index in [0.717, 1.165) is 73.0 Å². The van der Waals surface area contributed by atoms with Crippen molar-refractivity contribution in [2.45, 2.75) is 182 Å². The number of rotatable bonds is 36. The predicted octanol–water partition coefficient (Wildman–Crippen LogP) is 21.0. The standard InChI is InChI=1S/C68H88O4/c1-5-9-13-17-21-25-47-69-63-45-37-53(51-65(63)71-49-27-23-19-15-11-7-3)35-39-55-41-43-61-62-44-42-56(58-32-30-34-60(68(58)62)59-33-29-31-57(55)67(59)61)40-36-54-38-46-64(70-48-26-22-18-14-10-6-2)66(52-54)72-50-28-24-20-16-12-8-4/h29-46,51-52H,5-28,47-50H2,1-4H3/b39-35+,40-36+. The fourth-order valence-electron chi connectivity index (χ4n) is 10.4. The van der Waals surface area contributed by atoms with Crippen molar-refractivity contribution in [1.82, 2.24) is 0 Å². The summed E-state index contributed by atoms with van der Waals surface area (Å²) in [5.74, 6) is 3.42. The minimum atomic E-state index is 0.715. The number of hydrogen-bond donors (Lipinski definition) is 0. The van der Waals surface area contributed by atoms with Crippen LogP contribution in [0.3, 0.4) is 0 Å². The first kappa shape index (κ1) is 54.3. The van der Waals surface area contributed by atoms with Gasteiger partial charge in [0.25, 0.3) is 0 Å². The SMILES string of the molecule is CCCCCCCCOc1ccc(/C=C/c2ccc3c4ccc(/C=C/c5ccc(OCCCCCCCC)c(OCCCCCCCC)c5)c5cccc(c6cccc2c63)c54)cc1OCCCCCCCC. The Balaban J connectivity index is 1.10. The zero-order valence-corrected chi connectivity index (χ0v) is 45.0. The van der Waals surface area contributed by atoms with E-state index in [-0.39, 0.29) is 0 Å². The van der Waals surface area contributed by atoms with Crippen molar-refractivity contribution in [1.29, 1.82) is 0 Å². The van der Waals surface area contributed by atoms with Crippen LogP contribution in [-0.4, -0.2) is 26.4 Å². The molecule has 0 fully saturated rings. The molecule has 7 rings (SSSR count). The maximum absolute atomic E-state index is 6.47. The second kappa shape index (κ2) is 30.5. The lowest BCUT2D eigenvalue weighted by molar-refractivity contribution is 0.258. The van der Waals surface area contributed by atoms with E-state index in [1.807, 2.05) is 0 Å². The van der Waals surface area contributed by atoms with E-state index < -0.39 is 0 Å². The van der Waals surface area contributed by atoms with E-state index in [4.69, 9.17) is 18.9 Å². The Kier molecular flexibility index (Phi) is 23.0. The topological polar surface area (TPSA) is 36.9 Å². The molecule has 7 aromatic rings. The molecule has 0 atom stereocenters. The molecule has 0 bridgehead atoms. The van der Waals surface area contributed by atoms with Crippen molar-refractivity contribution < 1.29 is 18.9 Å². The van der Waals surface area contributed by atoms with Crippen LogP contribution in [0.1, 0.15) is 204 Å². The fourth-order valence-corrected chi connectivity index (χ4v) is 10.4. The van der Waals surface area contributed by atoms with E-state index in [2.05, 4.69) is 149 Å². The summed E-state index contributed by atoms with van der Waals surface area (Å²) in [6, 6.07) is 35.8. The predicted molar refractivity (Wildman–Crippen MR) is 314 cm³/mol. The monoisotopic (exact) mass is 969 g/mol. The Morgan fingerprint density at radius 2 is 0.583 bits per heavy atom. The molecule has 0 aliphatic heterocycles. The van der Waals surface area contributed by atoms with Gasteiger partial charge in [-0.25, -0.2) is 0 Å². The second-order valence-electron chi connectivity index (χ2n) is 20.4. The molecule has 384 valence electrons. The van der Waals surface area contributed by atoms with Crippen LogP contribution in [-0.2, 0) is 0 Å². The van der Waals surface area contributed by atoms with Gasteiger partial charge in [0, 0.05) is 0 Å². The molecule has 7 aromatic carbocycles. The van der Waals surface area contributed by atoms with Gasteiger partial charge in [0.15, 0.2) is 23.0 Å². The molecular formula is C68H88O4. The van der Waals surface area contributed by atoms with E-state index in [9.17, 15) is 0 Å². The Morgan fingerprint density at radius 3 is 0.944 bits per heavy atom. The third-order valence-electron chi connectivity index (χ3n) is 14.6. The highest BCUT2D eigenvalue weighted by Gasteiger charge is 2.16. The Morgan fingerprint density at radius 1 is 0.278 bits per heavy atom. The van der Waals surface area contributed by atoms with E-state index in [1.54, 1.807) is 0 Å². The normalized spacial score (nSPS) is 11.9. The maximum atomic E-state index is 6.47. The van der Waals surface area contributed by atoms with Crippen molar-refractivity contribution in [3.8, 4) is 23.0 Å². The minimum Gasteiger partial charge on any atom is -0.490 e. The van der Waals surface area contributed by atoms with Crippen molar-refractivity contribution in [2.24, 2.45) is 0 Å². The third kappa shape index (κ3) is 15.8. The summed E-state index contributed by atoms with van der Waals surface area (Å²) in [4.78, 5) is 0. The molecule has 0 saturated heterocycles. The van der Waals surface area contributed by atoms with Gasteiger partial charge in [0.1, 0.15) is 0 Å². The first-order valence-corrected chi connectivity index (χ1v) is 28.9. The molecule has 4 nitrogen and oxygen atoms in total. The zero-order valence-electron chi connectivity index (χ0n) is 45.0. The summed E-state index contributed by atoms with van der Waals surface area (Å²) >= 11 is 0. The van der Waals surface area contributed by atoms with Crippen LogP contribution in [0.4, 0.5) is 0 Å². The molecule has 4 heteroatoms. The third-order valence-corrected chi connectivity index (χ3v) is 14.6. The highest BCUT2D eigenvalue weighted by molar-refractivity contribution is 6.34. The van der Waals surface area contributed by atoms with Crippen LogP contribution in [0, 0.1) is 0 Å². The molecule has 0 spiro atoms. The summed E-state index contributed by atoms with van der Waals surface area (Å²) in [6.07, 6.45) is 38.9. The van der Waals surface area contributed by atoms with Crippen molar-refractivity contribution >= 4 is 67.4 Å². The van der Waals surface area contributed by atoms with Crippen LogP contribution >= 0.6 is 0 Å². The Labute approximate surface area is 434 Å². The number of benzene rings is 7. The number of ether oxygens (including phenoxy) is 4. The van der Waals surface area contributed by atoms with Gasteiger partial charge in [-0.05, 0) is 115 Å². The van der Waals surface area contributed by atoms with Crippen LogP contribution in [0.2, 0.25) is 0 Å². The first-order valence-electron chi connectivity index (χ1n) is 28.9. The van der Waals surface area contributed by atoms with Gasteiger partial charge in [-0.3, -0.25) is 0 Å². The van der Waals surface area contributed by atoms with Gasteiger partial charge in [-0.1, -0.05) is 253 Å². The van der Waals surface area contributed by atoms with Gasteiger partial charge in [0.2, 0.25) is 0 Å². The van der Waals surface area contributed by atoms with Gasteiger partial charge in [-0.2, -0.15) is 0 Å². The summed E-state index contributed by atoms with van der Waals surface area (Å²) in [5.41, 5.74) is 4.64. The van der Waals surface area contributed by atoms with Crippen molar-refractivity contribution in [2.75, 3.05) is 26.4 Å². The molecule has 0 N–H and O–H groups in total. The smallest absolute Gasteiger partial charge is 0.161 e. The highest BCUT2D eigenvalue weighted by Crippen LogP contribution is 2.43. The Bertz CT molecular complexity index is 2520. The van der Waals surface area contributed by atoms with Crippen LogP contribution in [0.25, 0.3) is 67.4 Å². The summed E-state index contributed by atoms with van der Waals surface area (Å²) in [6.45, 7) is 12.0. The maximum Gasteiger partial charge on any atom is 0.161 e. The fraction of sp³-hybridized carbons (Fsp3) is 0.471. The number of fused-ring (bicyclic) bond motifs is 2. The molecule has 0 aliphatic rings. The molecule has 0 saturated carbocycles. The lowest BCUT2D eigenvalue weighted by Crippen LogP contribution is -2.03. The molecule has 0 radical (unpaired) electrons. The number of hydrogen-bond acceptors (Lipinski definition) is 4. The lowest BCUT2D eigenvalue weighted by atomic mass is 9.87. The molecule has 0 amide bonds. The summed E-state index contributed by atoms with van der Waals surface area (Å²) < 4.78 is 25.7. The second-order valence-corrected chi connectivity index (χ2v) is 20.4. The summed E-state index contributed by atoms with van der Waals surface area (Å²) in [7, 11) is 0. The molecular weight excluding hydrogens is 881 g/mol. The van der Waals surface area contributed by atoms with Gasteiger partial charge >= 0.3 is 0 Å². The molecule has 0 aromatic heterocycles. The van der Waals surface area contributed by atoms with Crippen LogP contribution < -0.4 is 18.9 Å². The minimum absolute atomic E-state index is 0.715. The van der Waals surface area contributed by atoms with E-state index >= 15 is 0 Å². The van der Waals surface area contributed by atoms with E-state index in [1.165, 1.54) is 183 Å². The molecule has 0 heterocycles.